The molecule has 15 heteroatoms. The molecule has 0 aliphatic rings. The molecule has 0 fully saturated rings. The van der Waals surface area contributed by atoms with Gasteiger partial charge in [-0.25, -0.2) is 0 Å². The summed E-state index contributed by atoms with van der Waals surface area (Å²) in [6, 6.07) is 10.2. The van der Waals surface area contributed by atoms with E-state index in [4.69, 9.17) is 22.7 Å². The zero-order valence-electron chi connectivity index (χ0n) is 27.6. The average molecular weight is 677 g/mol. The smallest absolute Gasteiger partial charge is 0.272 e. The first-order valence-electron chi connectivity index (χ1n) is 15.3. The van der Waals surface area contributed by atoms with Crippen LogP contribution in [-0.4, -0.2) is 68.7 Å². The van der Waals surface area contributed by atoms with E-state index in [1.807, 2.05) is 19.1 Å². The highest BCUT2D eigenvalue weighted by Crippen LogP contribution is 2.23. The first kappa shape index (κ1) is 35.4. The Morgan fingerprint density at radius 2 is 1.27 bits per heavy atom. The second kappa shape index (κ2) is 15.4. The van der Waals surface area contributed by atoms with Crippen molar-refractivity contribution in [1.82, 2.24) is 19.0 Å². The largest absolute Gasteiger partial charge is 0.388 e. The fraction of sp³-hybridized carbons (Fsp3) is 0.303. The van der Waals surface area contributed by atoms with Gasteiger partial charge in [-0.15, -0.1) is 11.6 Å². The van der Waals surface area contributed by atoms with Crippen molar-refractivity contribution in [3.05, 3.63) is 83.2 Å². The molecule has 14 nitrogen and oxygen atoms in total. The molecular formula is C33H41ClN10O4. The Balaban J connectivity index is 1.38. The van der Waals surface area contributed by atoms with Crippen LogP contribution in [-0.2, 0) is 21.1 Å². The van der Waals surface area contributed by atoms with E-state index < -0.39 is 11.8 Å². The van der Waals surface area contributed by atoms with E-state index in [1.54, 1.807) is 65.6 Å². The lowest BCUT2D eigenvalue weighted by Crippen LogP contribution is -2.28. The maximum Gasteiger partial charge on any atom is 0.272 e. The van der Waals surface area contributed by atoms with Gasteiger partial charge in [0, 0.05) is 82.9 Å². The van der Waals surface area contributed by atoms with Crippen molar-refractivity contribution in [2.24, 2.45) is 26.9 Å². The molecule has 48 heavy (non-hydrogen) atoms. The number of aryl methyl sites for hydroxylation is 4. The number of alkyl halides is 1. The maximum absolute atomic E-state index is 13.2. The number of amidine groups is 1. The zero-order chi connectivity index (χ0) is 35.1. The molecule has 254 valence electrons. The summed E-state index contributed by atoms with van der Waals surface area (Å²) in [5.74, 6) is -1.07. The van der Waals surface area contributed by atoms with Crippen LogP contribution in [0.15, 0.2) is 55.0 Å². The molecule has 4 amide bonds. The Bertz CT molecular complexity index is 1850. The monoisotopic (exact) mass is 676 g/mol. The van der Waals surface area contributed by atoms with Gasteiger partial charge >= 0.3 is 0 Å². The van der Waals surface area contributed by atoms with Crippen molar-refractivity contribution < 1.29 is 19.2 Å². The predicted molar refractivity (Wildman–Crippen MR) is 189 cm³/mol. The fourth-order valence-corrected chi connectivity index (χ4v) is 5.48. The van der Waals surface area contributed by atoms with Gasteiger partial charge in [0.15, 0.2) is 0 Å². The molecule has 0 aliphatic heterocycles. The lowest BCUT2D eigenvalue weighted by atomic mass is 10.1. The van der Waals surface area contributed by atoms with Gasteiger partial charge in [-0.05, 0) is 55.8 Å². The summed E-state index contributed by atoms with van der Waals surface area (Å²) in [5, 5.41) is 18.4. The highest BCUT2D eigenvalue weighted by molar-refractivity contribution is 6.18. The average Bonchev–Trinajstić information content (AvgIpc) is 3.70. The van der Waals surface area contributed by atoms with Crippen LogP contribution in [0.2, 0.25) is 0 Å². The van der Waals surface area contributed by atoms with Crippen molar-refractivity contribution in [3.8, 4) is 0 Å². The summed E-state index contributed by atoms with van der Waals surface area (Å²) in [6.07, 6.45) is 5.09. The number of nitrogens with one attached hydrogen (secondary N) is 5. The summed E-state index contributed by atoms with van der Waals surface area (Å²) < 4.78 is 4.75. The Morgan fingerprint density at radius 1 is 0.792 bits per heavy atom. The van der Waals surface area contributed by atoms with E-state index in [-0.39, 0.29) is 36.3 Å². The molecule has 4 aromatic rings. The van der Waals surface area contributed by atoms with Crippen LogP contribution >= 0.6 is 11.6 Å². The molecular weight excluding hydrogens is 636 g/mol. The molecule has 0 atom stereocenters. The molecule has 0 radical (unpaired) electrons. The van der Waals surface area contributed by atoms with Crippen LogP contribution in [0.3, 0.4) is 0 Å². The minimum Gasteiger partial charge on any atom is -0.388 e. The first-order chi connectivity index (χ1) is 22.8. The summed E-state index contributed by atoms with van der Waals surface area (Å²) in [6.45, 7) is 5.73. The molecule has 0 bridgehead atoms. The van der Waals surface area contributed by atoms with Crippen LogP contribution in [0.25, 0.3) is 0 Å². The third-order valence-electron chi connectivity index (χ3n) is 7.70. The number of nitrogens with two attached hydrogens (primary N) is 1. The Morgan fingerprint density at radius 3 is 1.71 bits per heavy atom. The molecule has 0 saturated heterocycles. The molecule has 1 aromatic carbocycles. The number of carbonyl (C=O) groups is 4. The summed E-state index contributed by atoms with van der Waals surface area (Å²) in [4.78, 5) is 54.0. The number of benzene rings is 1. The number of nitrogens with zero attached hydrogens (tertiary/aromatic N) is 4. The van der Waals surface area contributed by atoms with Crippen LogP contribution in [0.4, 0.5) is 22.7 Å². The van der Waals surface area contributed by atoms with E-state index in [0.29, 0.717) is 46.4 Å². The predicted octanol–water partition coefficient (Wildman–Crippen LogP) is 3.89. The van der Waals surface area contributed by atoms with Crippen molar-refractivity contribution in [2.75, 3.05) is 46.4 Å². The van der Waals surface area contributed by atoms with Crippen LogP contribution < -0.4 is 31.9 Å². The highest BCUT2D eigenvalue weighted by Gasteiger charge is 2.19. The Labute approximate surface area is 283 Å². The molecule has 3 aromatic heterocycles. The third-order valence-corrected chi connectivity index (χ3v) is 7.87. The summed E-state index contributed by atoms with van der Waals surface area (Å²) in [7, 11) is 5.04. The lowest BCUT2D eigenvalue weighted by molar-refractivity contribution is 0.0944. The number of amides is 4. The number of carbonyl (C=O) groups excluding carboxylic acids is 4. The minimum absolute atomic E-state index is 0.0268. The second-order valence-corrected chi connectivity index (χ2v) is 11.7. The summed E-state index contributed by atoms with van der Waals surface area (Å²) >= 11 is 5.94. The lowest BCUT2D eigenvalue weighted by Gasteiger charge is -2.24. The maximum atomic E-state index is 13.2. The van der Waals surface area contributed by atoms with Crippen molar-refractivity contribution in [1.29, 1.82) is 5.41 Å². The summed E-state index contributed by atoms with van der Waals surface area (Å²) in [5.41, 5.74) is 9.94. The second-order valence-electron chi connectivity index (χ2n) is 11.3. The quantitative estimate of drug-likeness (QED) is 0.0669. The van der Waals surface area contributed by atoms with Gasteiger partial charge in [0.2, 0.25) is 0 Å². The van der Waals surface area contributed by atoms with E-state index >= 15 is 0 Å². The number of halogens is 1. The molecule has 0 unspecified atom stereocenters. The van der Waals surface area contributed by atoms with Gasteiger partial charge < -0.3 is 45.6 Å². The van der Waals surface area contributed by atoms with Crippen molar-refractivity contribution in [2.45, 2.75) is 20.3 Å². The number of anilines is 4. The Kier molecular flexibility index (Phi) is 11.3. The Hall–Kier alpha value is -5.50. The van der Waals surface area contributed by atoms with Crippen LogP contribution in [0.5, 0.6) is 0 Å². The number of hydrogen-bond donors (Lipinski definition) is 6. The van der Waals surface area contributed by atoms with Gasteiger partial charge in [-0.2, -0.15) is 0 Å². The molecule has 7 N–H and O–H groups in total. The van der Waals surface area contributed by atoms with Gasteiger partial charge in [0.1, 0.15) is 17.1 Å². The molecule has 4 rings (SSSR count). The molecule has 0 saturated carbocycles. The standard InChI is InChI=1S/C33H41ClN10O4/c1-6-44(12-10-34)25-8-7-21(13-20(25)2)30(45)38-22-15-27(42(4)17-22)32(47)40-24-16-28(43(5)19-24)33(48)39-23-14-26(41(3)18-23)31(46)37-11-9-29(35)36/h7-8,13-19H,6,9-12H2,1-5H3,(H3,35,36)(H,37,46)(H,38,45)(H,39,48)(H,40,47). The van der Waals surface area contributed by atoms with Gasteiger partial charge in [-0.1, -0.05) is 0 Å². The number of rotatable bonds is 14. The highest BCUT2D eigenvalue weighted by atomic mass is 35.5. The zero-order valence-corrected chi connectivity index (χ0v) is 28.4. The van der Waals surface area contributed by atoms with Crippen LogP contribution in [0, 0.1) is 12.3 Å². The SMILES string of the molecule is CCN(CCCl)c1ccc(C(=O)Nc2cc(C(=O)Nc3cc(C(=O)Nc4cc(C(=O)NCCC(=N)N)n(C)c4)n(C)c3)n(C)c2)cc1C. The molecule has 0 spiro atoms. The van der Waals surface area contributed by atoms with E-state index in [9.17, 15) is 19.2 Å². The topological polar surface area (TPSA) is 184 Å². The van der Waals surface area contributed by atoms with Crippen LogP contribution in [0.1, 0.15) is 60.7 Å². The van der Waals surface area contributed by atoms with Gasteiger partial charge in [0.05, 0.1) is 22.9 Å². The molecule has 0 aliphatic carbocycles. The number of hydrogen-bond acceptors (Lipinski definition) is 6. The van der Waals surface area contributed by atoms with E-state index in [0.717, 1.165) is 17.8 Å². The van der Waals surface area contributed by atoms with Crippen molar-refractivity contribution >= 4 is 63.8 Å². The normalized spacial score (nSPS) is 10.8. The van der Waals surface area contributed by atoms with Gasteiger partial charge in [-0.3, -0.25) is 24.6 Å². The number of aromatic nitrogens is 3. The fourth-order valence-electron chi connectivity index (χ4n) is 5.27. The third kappa shape index (κ3) is 8.45. The van der Waals surface area contributed by atoms with Crippen molar-refractivity contribution in [3.63, 3.8) is 0 Å². The van der Waals surface area contributed by atoms with E-state index in [2.05, 4.69) is 33.1 Å². The minimum atomic E-state index is -0.444. The van der Waals surface area contributed by atoms with E-state index in [1.165, 1.54) is 12.1 Å². The van der Waals surface area contributed by atoms with Gasteiger partial charge in [0.25, 0.3) is 23.6 Å². The first-order valence-corrected chi connectivity index (χ1v) is 15.8. The molecule has 3 heterocycles.